The van der Waals surface area contributed by atoms with Crippen LogP contribution in [-0.2, 0) is 20.8 Å². The second-order valence-corrected chi connectivity index (χ2v) is 9.51. The molecule has 1 aromatic heterocycles. The summed E-state index contributed by atoms with van der Waals surface area (Å²) in [6.07, 6.45) is 4.25. The van der Waals surface area contributed by atoms with Crippen molar-refractivity contribution in [2.24, 2.45) is 5.92 Å². The number of nitrogens with one attached hydrogen (secondary N) is 2. The van der Waals surface area contributed by atoms with Crippen LogP contribution in [0.2, 0.25) is 0 Å². The number of amides is 2. The number of rotatable bonds is 9. The lowest BCUT2D eigenvalue weighted by molar-refractivity contribution is -0.143. The van der Waals surface area contributed by atoms with Gasteiger partial charge >= 0.3 is 5.97 Å². The lowest BCUT2D eigenvalue weighted by atomic mass is 9.94. The van der Waals surface area contributed by atoms with Crippen molar-refractivity contribution in [2.75, 3.05) is 0 Å². The second-order valence-electron chi connectivity index (χ2n) is 8.95. The van der Waals surface area contributed by atoms with Gasteiger partial charge in [-0.1, -0.05) is 63.1 Å². The normalized spacial score (nSPS) is 16.7. The van der Waals surface area contributed by atoms with Gasteiger partial charge in [-0.05, 0) is 30.4 Å². The van der Waals surface area contributed by atoms with Crippen LogP contribution in [0.4, 0.5) is 0 Å². The molecule has 1 aromatic carbocycles. The number of carbonyl (C=O) groups excluding carboxylic acids is 2. The van der Waals surface area contributed by atoms with Gasteiger partial charge < -0.3 is 15.7 Å². The predicted molar refractivity (Wildman–Crippen MR) is 130 cm³/mol. The molecule has 0 saturated heterocycles. The van der Waals surface area contributed by atoms with Crippen LogP contribution in [0.3, 0.4) is 0 Å². The van der Waals surface area contributed by atoms with Crippen LogP contribution in [0.15, 0.2) is 48.7 Å². The number of nitrogens with zero attached hydrogens (tertiary/aromatic N) is 1. The summed E-state index contributed by atoms with van der Waals surface area (Å²) in [6, 6.07) is 12.2. The number of aromatic nitrogens is 1. The number of carbonyl (C=O) groups is 3. The Balaban J connectivity index is 1.71. The first-order chi connectivity index (χ1) is 15.7. The fourth-order valence-electron chi connectivity index (χ4n) is 4.06. The summed E-state index contributed by atoms with van der Waals surface area (Å²) in [6.45, 7) is 3.77. The van der Waals surface area contributed by atoms with Gasteiger partial charge in [-0.2, -0.15) is 12.6 Å². The number of thiol groups is 1. The van der Waals surface area contributed by atoms with Crippen molar-refractivity contribution in [3.8, 4) is 11.3 Å². The summed E-state index contributed by atoms with van der Waals surface area (Å²) in [5.41, 5.74) is 1.35. The molecule has 176 valence electrons. The van der Waals surface area contributed by atoms with Crippen LogP contribution >= 0.6 is 12.6 Å². The Kier molecular flexibility index (Phi) is 8.13. The number of hydrogen-bond donors (Lipinski definition) is 4. The third kappa shape index (κ3) is 6.13. The van der Waals surface area contributed by atoms with Gasteiger partial charge in [-0.15, -0.1) is 0 Å². The zero-order valence-electron chi connectivity index (χ0n) is 19.0. The minimum atomic E-state index is -1.13. The molecular weight excluding hydrogens is 438 g/mol. The Labute approximate surface area is 199 Å². The number of benzene rings is 1. The van der Waals surface area contributed by atoms with E-state index in [0.29, 0.717) is 18.4 Å². The molecule has 1 heterocycles. The Morgan fingerprint density at radius 3 is 2.30 bits per heavy atom. The maximum Gasteiger partial charge on any atom is 0.326 e. The molecule has 3 rings (SSSR count). The van der Waals surface area contributed by atoms with Gasteiger partial charge in [0.15, 0.2) is 0 Å². The first-order valence-electron chi connectivity index (χ1n) is 11.3. The van der Waals surface area contributed by atoms with Gasteiger partial charge in [-0.3, -0.25) is 14.6 Å². The van der Waals surface area contributed by atoms with Crippen LogP contribution < -0.4 is 10.6 Å². The summed E-state index contributed by atoms with van der Waals surface area (Å²) < 4.78 is 0. The highest BCUT2D eigenvalue weighted by atomic mass is 32.1. The van der Waals surface area contributed by atoms with E-state index in [1.165, 1.54) is 0 Å². The molecule has 2 atom stereocenters. The molecule has 0 aliphatic heterocycles. The lowest BCUT2D eigenvalue weighted by Gasteiger charge is -2.32. The highest BCUT2D eigenvalue weighted by molar-refractivity contribution is 7.81. The smallest absolute Gasteiger partial charge is 0.326 e. The summed E-state index contributed by atoms with van der Waals surface area (Å²) in [4.78, 5) is 42.2. The average Bonchev–Trinajstić information content (AvgIpc) is 3.28. The Morgan fingerprint density at radius 2 is 1.76 bits per heavy atom. The Hall–Kier alpha value is -2.87. The van der Waals surface area contributed by atoms with Crippen LogP contribution in [0.5, 0.6) is 0 Å². The summed E-state index contributed by atoms with van der Waals surface area (Å²) in [5.74, 6) is -1.89. The van der Waals surface area contributed by atoms with Crippen molar-refractivity contribution < 1.29 is 19.5 Å². The van der Waals surface area contributed by atoms with Gasteiger partial charge in [0.25, 0.3) is 0 Å². The monoisotopic (exact) mass is 469 g/mol. The molecule has 1 aliphatic carbocycles. The van der Waals surface area contributed by atoms with Crippen LogP contribution in [0.25, 0.3) is 11.3 Å². The maximum absolute atomic E-state index is 13.2. The minimum Gasteiger partial charge on any atom is -0.480 e. The second kappa shape index (κ2) is 10.8. The van der Waals surface area contributed by atoms with Crippen LogP contribution in [0, 0.1) is 5.92 Å². The van der Waals surface area contributed by atoms with E-state index in [1.54, 1.807) is 6.20 Å². The molecule has 1 aliphatic rings. The average molecular weight is 470 g/mol. The molecule has 2 aromatic rings. The first kappa shape index (κ1) is 24.8. The van der Waals surface area contributed by atoms with Crippen molar-refractivity contribution in [3.05, 3.63) is 54.2 Å². The van der Waals surface area contributed by atoms with E-state index in [9.17, 15) is 19.5 Å². The highest BCUT2D eigenvalue weighted by Crippen LogP contribution is 2.31. The fraction of sp³-hybridized carbons (Fsp3) is 0.440. The molecule has 8 heteroatoms. The third-order valence-electron chi connectivity index (χ3n) is 6.09. The van der Waals surface area contributed by atoms with Crippen molar-refractivity contribution in [2.45, 2.75) is 62.8 Å². The van der Waals surface area contributed by atoms with Crippen LogP contribution in [0.1, 0.15) is 45.1 Å². The van der Waals surface area contributed by atoms with Crippen molar-refractivity contribution in [1.82, 2.24) is 15.6 Å². The molecule has 7 nitrogen and oxygen atoms in total. The molecule has 1 fully saturated rings. The van der Waals surface area contributed by atoms with Gasteiger partial charge in [0.05, 0.1) is 10.9 Å². The van der Waals surface area contributed by atoms with E-state index in [0.717, 1.165) is 24.1 Å². The quantitative estimate of drug-likeness (QED) is 0.422. The first-order valence-corrected chi connectivity index (χ1v) is 11.8. The zero-order chi connectivity index (χ0) is 24.0. The molecule has 2 amide bonds. The van der Waals surface area contributed by atoms with E-state index >= 15 is 0 Å². The number of carboxylic acid groups (broad SMARTS) is 1. The van der Waals surface area contributed by atoms with Crippen molar-refractivity contribution in [3.63, 3.8) is 0 Å². The molecule has 0 bridgehead atoms. The molecule has 0 spiro atoms. The highest BCUT2D eigenvalue weighted by Gasteiger charge is 2.44. The molecule has 2 unspecified atom stereocenters. The minimum absolute atomic E-state index is 0.00738. The summed E-state index contributed by atoms with van der Waals surface area (Å²) >= 11 is 4.36. The van der Waals surface area contributed by atoms with E-state index in [2.05, 4.69) is 28.2 Å². The summed E-state index contributed by atoms with van der Waals surface area (Å²) in [5, 5.41) is 14.7. The fourth-order valence-corrected chi connectivity index (χ4v) is 4.12. The molecular formula is C25H31N3O4S. The van der Waals surface area contributed by atoms with Crippen molar-refractivity contribution in [1.29, 1.82) is 0 Å². The molecule has 3 N–H and O–H groups in total. The third-order valence-corrected chi connectivity index (χ3v) is 6.92. The number of aliphatic carboxylic acids is 1. The van der Waals surface area contributed by atoms with E-state index in [-0.39, 0.29) is 18.2 Å². The van der Waals surface area contributed by atoms with E-state index in [1.807, 2.05) is 56.3 Å². The number of carboxylic acids is 1. The SMILES string of the molecule is CC(C)C(S)C(=O)NC1(C(=O)NC(Cc2ccc(-c3ccccc3)nc2)C(=O)O)CCCC1. The maximum atomic E-state index is 13.2. The summed E-state index contributed by atoms with van der Waals surface area (Å²) in [7, 11) is 0. The zero-order valence-corrected chi connectivity index (χ0v) is 19.8. The Morgan fingerprint density at radius 1 is 1.09 bits per heavy atom. The van der Waals surface area contributed by atoms with Gasteiger partial charge in [0.1, 0.15) is 11.6 Å². The topological polar surface area (TPSA) is 108 Å². The van der Waals surface area contributed by atoms with Gasteiger partial charge in [-0.25, -0.2) is 4.79 Å². The number of pyridine rings is 1. The van der Waals surface area contributed by atoms with Crippen LogP contribution in [-0.4, -0.2) is 44.7 Å². The standard InChI is InChI=1S/C25H31N3O4S/c1-16(2)21(33)22(29)28-25(12-6-7-13-25)24(32)27-20(23(30)31)14-17-10-11-19(26-15-17)18-8-4-3-5-9-18/h3-5,8-11,15-16,20-21,33H,6-7,12-14H2,1-2H3,(H,27,32)(H,28,29)(H,30,31). The molecule has 1 saturated carbocycles. The Bertz CT molecular complexity index is 973. The van der Waals surface area contributed by atoms with Gasteiger partial charge in [0, 0.05) is 18.2 Å². The lowest BCUT2D eigenvalue weighted by Crippen LogP contribution is -2.61. The van der Waals surface area contributed by atoms with E-state index < -0.39 is 28.7 Å². The van der Waals surface area contributed by atoms with E-state index in [4.69, 9.17) is 0 Å². The predicted octanol–water partition coefficient (Wildman–Crippen LogP) is 3.24. The molecule has 33 heavy (non-hydrogen) atoms. The van der Waals surface area contributed by atoms with Gasteiger partial charge in [0.2, 0.25) is 11.8 Å². The van der Waals surface area contributed by atoms with Crippen molar-refractivity contribution >= 4 is 30.4 Å². The number of hydrogen-bond acceptors (Lipinski definition) is 5. The largest absolute Gasteiger partial charge is 0.480 e. The molecule has 0 radical (unpaired) electrons.